The minimum absolute atomic E-state index is 0.0327. The molecule has 2 atom stereocenters. The fraction of sp³-hybridized carbons (Fsp3) is 0.833. The standard InChI is InChI=1S/C12H19NO4/c1-12(11(15)16)5-3-6-13(8-12)10(14)9-4-2-7-17-9/h9H,2-8H2,1H3,(H,15,16)/t9-,12?/m1/s1. The Balaban J connectivity index is 2.01. The number of amides is 1. The first-order chi connectivity index (χ1) is 8.03. The Morgan fingerprint density at radius 2 is 2.18 bits per heavy atom. The zero-order valence-corrected chi connectivity index (χ0v) is 10.1. The molecule has 96 valence electrons. The van der Waals surface area contributed by atoms with E-state index in [2.05, 4.69) is 0 Å². The molecule has 17 heavy (non-hydrogen) atoms. The number of aliphatic carboxylic acids is 1. The van der Waals surface area contributed by atoms with Crippen molar-refractivity contribution >= 4 is 11.9 Å². The van der Waals surface area contributed by atoms with Crippen LogP contribution in [-0.4, -0.2) is 47.7 Å². The number of carbonyl (C=O) groups is 2. The predicted octanol–water partition coefficient (Wildman–Crippen LogP) is 0.879. The van der Waals surface area contributed by atoms with Crippen molar-refractivity contribution in [2.75, 3.05) is 19.7 Å². The molecule has 5 heteroatoms. The molecule has 0 radical (unpaired) electrons. The summed E-state index contributed by atoms with van der Waals surface area (Å²) < 4.78 is 5.36. The van der Waals surface area contributed by atoms with Crippen molar-refractivity contribution in [3.63, 3.8) is 0 Å². The van der Waals surface area contributed by atoms with Crippen LogP contribution in [-0.2, 0) is 14.3 Å². The van der Waals surface area contributed by atoms with Gasteiger partial charge in [0.1, 0.15) is 6.10 Å². The zero-order valence-electron chi connectivity index (χ0n) is 10.1. The van der Waals surface area contributed by atoms with Crippen molar-refractivity contribution in [2.24, 2.45) is 5.41 Å². The second kappa shape index (κ2) is 4.64. The van der Waals surface area contributed by atoms with E-state index < -0.39 is 11.4 Å². The maximum atomic E-state index is 12.1. The van der Waals surface area contributed by atoms with E-state index in [0.29, 0.717) is 26.1 Å². The topological polar surface area (TPSA) is 66.8 Å². The van der Waals surface area contributed by atoms with Crippen LogP contribution in [0.25, 0.3) is 0 Å². The summed E-state index contributed by atoms with van der Waals surface area (Å²) in [7, 11) is 0. The molecule has 2 heterocycles. The van der Waals surface area contributed by atoms with E-state index >= 15 is 0 Å². The van der Waals surface area contributed by atoms with Gasteiger partial charge in [-0.15, -0.1) is 0 Å². The number of carboxylic acids is 1. The highest BCUT2D eigenvalue weighted by Crippen LogP contribution is 2.30. The van der Waals surface area contributed by atoms with Gasteiger partial charge in [-0.3, -0.25) is 9.59 Å². The molecule has 0 aromatic heterocycles. The molecule has 0 bridgehead atoms. The molecule has 0 aliphatic carbocycles. The van der Waals surface area contributed by atoms with E-state index in [0.717, 1.165) is 19.3 Å². The van der Waals surface area contributed by atoms with Gasteiger partial charge in [0.05, 0.1) is 5.41 Å². The summed E-state index contributed by atoms with van der Waals surface area (Å²) >= 11 is 0. The Morgan fingerprint density at radius 3 is 2.76 bits per heavy atom. The SMILES string of the molecule is CC1(C(=O)O)CCCN(C(=O)[C@H]2CCCO2)C1. The number of ether oxygens (including phenoxy) is 1. The molecule has 2 rings (SSSR count). The molecule has 2 aliphatic heterocycles. The van der Waals surface area contributed by atoms with E-state index in [1.807, 2.05) is 0 Å². The molecule has 1 unspecified atom stereocenters. The van der Waals surface area contributed by atoms with Crippen molar-refractivity contribution in [3.8, 4) is 0 Å². The molecule has 2 saturated heterocycles. The van der Waals surface area contributed by atoms with Gasteiger partial charge in [0.25, 0.3) is 5.91 Å². The lowest BCUT2D eigenvalue weighted by Gasteiger charge is -2.38. The summed E-state index contributed by atoms with van der Waals surface area (Å²) in [4.78, 5) is 25.0. The van der Waals surface area contributed by atoms with Crippen LogP contribution >= 0.6 is 0 Å². The summed E-state index contributed by atoms with van der Waals surface area (Å²) in [5.74, 6) is -0.850. The predicted molar refractivity (Wildman–Crippen MR) is 60.5 cm³/mol. The highest BCUT2D eigenvalue weighted by molar-refractivity contribution is 5.83. The number of carbonyl (C=O) groups excluding carboxylic acids is 1. The molecule has 2 aliphatic rings. The van der Waals surface area contributed by atoms with Gasteiger partial charge in [-0.1, -0.05) is 0 Å². The lowest BCUT2D eigenvalue weighted by molar-refractivity contribution is -0.156. The first-order valence-corrected chi connectivity index (χ1v) is 6.17. The number of hydrogen-bond acceptors (Lipinski definition) is 3. The first-order valence-electron chi connectivity index (χ1n) is 6.17. The minimum Gasteiger partial charge on any atom is -0.481 e. The molecule has 0 aromatic carbocycles. The van der Waals surface area contributed by atoms with E-state index in [1.54, 1.807) is 11.8 Å². The molecule has 0 spiro atoms. The number of rotatable bonds is 2. The van der Waals surface area contributed by atoms with Gasteiger partial charge in [-0.05, 0) is 32.6 Å². The Morgan fingerprint density at radius 1 is 1.41 bits per heavy atom. The van der Waals surface area contributed by atoms with E-state index in [9.17, 15) is 14.7 Å². The molecule has 5 nitrogen and oxygen atoms in total. The molecule has 0 saturated carbocycles. The fourth-order valence-corrected chi connectivity index (χ4v) is 2.58. The Labute approximate surface area is 101 Å². The maximum Gasteiger partial charge on any atom is 0.311 e. The second-order valence-electron chi connectivity index (χ2n) is 5.23. The first kappa shape index (κ1) is 12.4. The van der Waals surface area contributed by atoms with E-state index in [4.69, 9.17) is 4.74 Å². The van der Waals surface area contributed by atoms with Crippen molar-refractivity contribution in [3.05, 3.63) is 0 Å². The van der Waals surface area contributed by atoms with Crippen LogP contribution in [0.4, 0.5) is 0 Å². The molecular formula is C12H19NO4. The highest BCUT2D eigenvalue weighted by Gasteiger charge is 2.41. The van der Waals surface area contributed by atoms with Gasteiger partial charge in [-0.2, -0.15) is 0 Å². The van der Waals surface area contributed by atoms with E-state index in [1.165, 1.54) is 0 Å². The quantitative estimate of drug-likeness (QED) is 0.779. The molecule has 0 aromatic rings. The normalized spacial score (nSPS) is 33.7. The van der Waals surface area contributed by atoms with Gasteiger partial charge in [0.15, 0.2) is 0 Å². The average Bonchev–Trinajstić information content (AvgIpc) is 2.81. The van der Waals surface area contributed by atoms with Gasteiger partial charge >= 0.3 is 5.97 Å². The lowest BCUT2D eigenvalue weighted by atomic mass is 9.82. The molecular weight excluding hydrogens is 222 g/mol. The van der Waals surface area contributed by atoms with Crippen molar-refractivity contribution < 1.29 is 19.4 Å². The van der Waals surface area contributed by atoms with E-state index in [-0.39, 0.29) is 12.0 Å². The summed E-state index contributed by atoms with van der Waals surface area (Å²) in [5, 5.41) is 9.19. The summed E-state index contributed by atoms with van der Waals surface area (Å²) in [6.07, 6.45) is 2.73. The Kier molecular flexibility index (Phi) is 3.38. The minimum atomic E-state index is -0.817. The summed E-state index contributed by atoms with van der Waals surface area (Å²) in [5.41, 5.74) is -0.799. The number of likely N-dealkylation sites (tertiary alicyclic amines) is 1. The van der Waals surface area contributed by atoms with Gasteiger partial charge in [0, 0.05) is 19.7 Å². The number of nitrogens with zero attached hydrogens (tertiary/aromatic N) is 1. The van der Waals surface area contributed by atoms with Crippen molar-refractivity contribution in [1.29, 1.82) is 0 Å². The third kappa shape index (κ3) is 2.44. The van der Waals surface area contributed by atoms with Crippen LogP contribution in [0, 0.1) is 5.41 Å². The van der Waals surface area contributed by atoms with Gasteiger partial charge in [-0.25, -0.2) is 0 Å². The summed E-state index contributed by atoms with van der Waals surface area (Å²) in [6.45, 7) is 3.31. The number of carboxylic acid groups (broad SMARTS) is 1. The summed E-state index contributed by atoms with van der Waals surface area (Å²) in [6, 6.07) is 0. The monoisotopic (exact) mass is 241 g/mol. The zero-order chi connectivity index (χ0) is 12.5. The van der Waals surface area contributed by atoms with Crippen molar-refractivity contribution in [2.45, 2.75) is 38.7 Å². The molecule has 1 N–H and O–H groups in total. The average molecular weight is 241 g/mol. The van der Waals surface area contributed by atoms with Crippen LogP contribution in [0.3, 0.4) is 0 Å². The largest absolute Gasteiger partial charge is 0.481 e. The maximum absolute atomic E-state index is 12.1. The Hall–Kier alpha value is -1.10. The second-order valence-corrected chi connectivity index (χ2v) is 5.23. The third-order valence-electron chi connectivity index (χ3n) is 3.73. The smallest absolute Gasteiger partial charge is 0.311 e. The Bertz CT molecular complexity index is 324. The van der Waals surface area contributed by atoms with Crippen LogP contribution in [0.1, 0.15) is 32.6 Å². The van der Waals surface area contributed by atoms with Crippen LogP contribution in [0.5, 0.6) is 0 Å². The van der Waals surface area contributed by atoms with Crippen LogP contribution < -0.4 is 0 Å². The number of piperidine rings is 1. The fourth-order valence-electron chi connectivity index (χ4n) is 2.58. The number of hydrogen-bond donors (Lipinski definition) is 1. The molecule has 2 fully saturated rings. The van der Waals surface area contributed by atoms with Gasteiger partial charge < -0.3 is 14.7 Å². The lowest BCUT2D eigenvalue weighted by Crippen LogP contribution is -2.51. The van der Waals surface area contributed by atoms with Crippen LogP contribution in [0.2, 0.25) is 0 Å². The van der Waals surface area contributed by atoms with Gasteiger partial charge in [0.2, 0.25) is 0 Å². The molecule has 1 amide bonds. The van der Waals surface area contributed by atoms with Crippen LogP contribution in [0.15, 0.2) is 0 Å². The third-order valence-corrected chi connectivity index (χ3v) is 3.73. The highest BCUT2D eigenvalue weighted by atomic mass is 16.5. The van der Waals surface area contributed by atoms with Crippen molar-refractivity contribution in [1.82, 2.24) is 4.90 Å².